The maximum atomic E-state index is 4.03. The van der Waals surface area contributed by atoms with Crippen molar-refractivity contribution in [1.29, 1.82) is 0 Å². The van der Waals surface area contributed by atoms with Crippen molar-refractivity contribution in [2.75, 3.05) is 0 Å². The smallest absolute Gasteiger partial charge is 0.0462 e. The molecule has 2 nitrogen and oxygen atoms in total. The Kier molecular flexibility index (Phi) is 10.8. The Bertz CT molecular complexity index is 106. The Balaban J connectivity index is 0. The normalized spacial score (nSPS) is 9.27. The van der Waals surface area contributed by atoms with E-state index in [4.69, 9.17) is 0 Å². The van der Waals surface area contributed by atoms with Gasteiger partial charge in [-0.15, -0.1) is 0 Å². The van der Waals surface area contributed by atoms with Crippen LogP contribution in [0.4, 0.5) is 0 Å². The fourth-order valence-electron chi connectivity index (χ4n) is 0.525. The van der Waals surface area contributed by atoms with Gasteiger partial charge in [-0.25, -0.2) is 0 Å². The minimum Gasteiger partial charge on any atom is -0.271 e. The van der Waals surface area contributed by atoms with Crippen molar-refractivity contribution in [2.24, 2.45) is 5.10 Å². The van der Waals surface area contributed by atoms with Gasteiger partial charge in [0, 0.05) is 18.5 Å². The molecule has 2 heteroatoms. The molecule has 0 saturated carbocycles. The second kappa shape index (κ2) is 9.21. The zero-order chi connectivity index (χ0) is 9.28. The molecule has 66 valence electrons. The second-order valence-corrected chi connectivity index (χ2v) is 2.03. The van der Waals surface area contributed by atoms with Crippen LogP contribution in [0, 0.1) is 0 Å². The van der Waals surface area contributed by atoms with Crippen LogP contribution in [0.3, 0.4) is 0 Å². The second-order valence-electron chi connectivity index (χ2n) is 2.03. The molecule has 0 spiro atoms. The molecule has 0 aromatic carbocycles. The number of hydrazone groups is 1. The first-order valence-electron chi connectivity index (χ1n) is 4.11. The van der Waals surface area contributed by atoms with E-state index in [1.165, 1.54) is 0 Å². The highest BCUT2D eigenvalue weighted by Gasteiger charge is 1.97. The zero-order valence-electron chi connectivity index (χ0n) is 8.33. The maximum absolute atomic E-state index is 4.03. The van der Waals surface area contributed by atoms with Crippen molar-refractivity contribution < 1.29 is 0 Å². The highest BCUT2D eigenvalue weighted by Crippen LogP contribution is 1.96. The Hall–Kier alpha value is -0.790. The van der Waals surface area contributed by atoms with Crippen LogP contribution in [0.25, 0.3) is 0 Å². The summed E-state index contributed by atoms with van der Waals surface area (Å²) in [6, 6.07) is 0.402. The van der Waals surface area contributed by atoms with E-state index in [-0.39, 0.29) is 0 Å². The van der Waals surface area contributed by atoms with Gasteiger partial charge in [-0.3, -0.25) is 5.01 Å². The maximum Gasteiger partial charge on any atom is 0.0462 e. The Morgan fingerprint density at radius 2 is 1.82 bits per heavy atom. The molecule has 0 unspecified atom stereocenters. The molecule has 0 fully saturated rings. The number of hydrogen-bond acceptors (Lipinski definition) is 2. The molecule has 11 heavy (non-hydrogen) atoms. The van der Waals surface area contributed by atoms with Crippen LogP contribution < -0.4 is 0 Å². The summed E-state index contributed by atoms with van der Waals surface area (Å²) >= 11 is 0. The third kappa shape index (κ3) is 7.10. The van der Waals surface area contributed by atoms with Gasteiger partial charge in [0.1, 0.15) is 0 Å². The van der Waals surface area contributed by atoms with Crippen molar-refractivity contribution in [1.82, 2.24) is 5.01 Å². The standard InChI is InChI=1S/C7H14N2.C2H6/c1-5-8-9(6-2)7(3)4;1-2/h5-7H,2H2,1,3-4H3;1-2H3/b8-5-;. The molecule has 0 aliphatic heterocycles. The summed E-state index contributed by atoms with van der Waals surface area (Å²) < 4.78 is 0. The van der Waals surface area contributed by atoms with Crippen LogP contribution in [0.15, 0.2) is 17.9 Å². The lowest BCUT2D eigenvalue weighted by Crippen LogP contribution is -2.18. The molecule has 0 aromatic heterocycles. The number of nitrogens with zero attached hydrogens (tertiary/aromatic N) is 2. The first-order chi connectivity index (χ1) is 5.22. The number of hydrogen-bond donors (Lipinski definition) is 0. The minimum absolute atomic E-state index is 0.402. The SMILES string of the molecule is C=CN(/N=C\C)C(C)C.CC. The molecule has 0 aliphatic rings. The predicted molar refractivity (Wildman–Crippen MR) is 52.7 cm³/mol. The lowest BCUT2D eigenvalue weighted by Gasteiger charge is -2.16. The molecule has 0 saturated heterocycles. The molecule has 0 aliphatic carbocycles. The third-order valence-electron chi connectivity index (χ3n) is 0.965. The van der Waals surface area contributed by atoms with Gasteiger partial charge in [0.25, 0.3) is 0 Å². The molecule has 0 aromatic rings. The fraction of sp³-hybridized carbons (Fsp3) is 0.667. The van der Waals surface area contributed by atoms with Crippen molar-refractivity contribution in [3.8, 4) is 0 Å². The monoisotopic (exact) mass is 156 g/mol. The van der Waals surface area contributed by atoms with E-state index in [2.05, 4.69) is 25.5 Å². The van der Waals surface area contributed by atoms with E-state index < -0.39 is 0 Å². The van der Waals surface area contributed by atoms with E-state index in [9.17, 15) is 0 Å². The van der Waals surface area contributed by atoms with Gasteiger partial charge in [0.15, 0.2) is 0 Å². The Labute approximate surface area is 70.6 Å². The quantitative estimate of drug-likeness (QED) is 0.453. The van der Waals surface area contributed by atoms with E-state index in [1.54, 1.807) is 17.4 Å². The van der Waals surface area contributed by atoms with Gasteiger partial charge in [0.2, 0.25) is 0 Å². The highest BCUT2D eigenvalue weighted by molar-refractivity contribution is 5.52. The van der Waals surface area contributed by atoms with Crippen molar-refractivity contribution >= 4 is 6.21 Å². The van der Waals surface area contributed by atoms with E-state index in [0.29, 0.717) is 6.04 Å². The fourth-order valence-corrected chi connectivity index (χ4v) is 0.525. The van der Waals surface area contributed by atoms with E-state index in [1.807, 2.05) is 20.8 Å². The molecule has 0 atom stereocenters. The van der Waals surface area contributed by atoms with Gasteiger partial charge < -0.3 is 0 Å². The van der Waals surface area contributed by atoms with Crippen LogP contribution in [0.2, 0.25) is 0 Å². The molecule has 0 bridgehead atoms. The van der Waals surface area contributed by atoms with Gasteiger partial charge in [-0.2, -0.15) is 5.10 Å². The Morgan fingerprint density at radius 1 is 1.36 bits per heavy atom. The topological polar surface area (TPSA) is 15.6 Å². The highest BCUT2D eigenvalue weighted by atomic mass is 15.4. The molecule has 0 amide bonds. The van der Waals surface area contributed by atoms with Crippen molar-refractivity contribution in [3.63, 3.8) is 0 Å². The first-order valence-corrected chi connectivity index (χ1v) is 4.11. The van der Waals surface area contributed by atoms with E-state index >= 15 is 0 Å². The summed E-state index contributed by atoms with van der Waals surface area (Å²) in [6.07, 6.45) is 3.46. The lowest BCUT2D eigenvalue weighted by molar-refractivity contribution is 0.330. The van der Waals surface area contributed by atoms with Gasteiger partial charge in [-0.1, -0.05) is 20.4 Å². The van der Waals surface area contributed by atoms with Crippen molar-refractivity contribution in [2.45, 2.75) is 40.7 Å². The third-order valence-corrected chi connectivity index (χ3v) is 0.965. The summed E-state index contributed by atoms with van der Waals surface area (Å²) in [5, 5.41) is 5.84. The van der Waals surface area contributed by atoms with Crippen LogP contribution in [0.1, 0.15) is 34.6 Å². The Morgan fingerprint density at radius 3 is 1.91 bits per heavy atom. The average Bonchev–Trinajstić information content (AvgIpc) is 2.03. The summed E-state index contributed by atoms with van der Waals surface area (Å²) in [5.41, 5.74) is 0. The first kappa shape index (κ1) is 12.8. The summed E-state index contributed by atoms with van der Waals surface area (Å²) in [6.45, 7) is 13.6. The van der Waals surface area contributed by atoms with Crippen LogP contribution in [0.5, 0.6) is 0 Å². The molecule has 0 heterocycles. The summed E-state index contributed by atoms with van der Waals surface area (Å²) in [4.78, 5) is 0. The molecule has 0 N–H and O–H groups in total. The lowest BCUT2D eigenvalue weighted by atomic mass is 10.4. The molecule has 0 rings (SSSR count). The van der Waals surface area contributed by atoms with Crippen molar-refractivity contribution in [3.05, 3.63) is 12.8 Å². The number of rotatable bonds is 3. The minimum atomic E-state index is 0.402. The van der Waals surface area contributed by atoms with Crippen LogP contribution in [-0.2, 0) is 0 Å². The molecular weight excluding hydrogens is 136 g/mol. The summed E-state index contributed by atoms with van der Waals surface area (Å²) in [7, 11) is 0. The van der Waals surface area contributed by atoms with Gasteiger partial charge in [-0.05, 0) is 20.8 Å². The molecule has 0 radical (unpaired) electrons. The zero-order valence-corrected chi connectivity index (χ0v) is 8.33. The van der Waals surface area contributed by atoms with Gasteiger partial charge >= 0.3 is 0 Å². The molecular formula is C9H20N2. The predicted octanol–water partition coefficient (Wildman–Crippen LogP) is 2.87. The summed E-state index contributed by atoms with van der Waals surface area (Å²) in [5.74, 6) is 0. The van der Waals surface area contributed by atoms with Crippen LogP contribution >= 0.6 is 0 Å². The van der Waals surface area contributed by atoms with E-state index in [0.717, 1.165) is 0 Å². The van der Waals surface area contributed by atoms with Gasteiger partial charge in [0.05, 0.1) is 0 Å². The van der Waals surface area contributed by atoms with Crippen LogP contribution in [-0.4, -0.2) is 17.3 Å². The largest absolute Gasteiger partial charge is 0.271 e. The average molecular weight is 156 g/mol.